The molecule has 0 aromatic heterocycles. The van der Waals surface area contributed by atoms with Crippen LogP contribution in [0.25, 0.3) is 0 Å². The summed E-state index contributed by atoms with van der Waals surface area (Å²) in [5.74, 6) is 0. The van der Waals surface area contributed by atoms with Crippen molar-refractivity contribution in [2.24, 2.45) is 0 Å². The number of hydrogen-bond acceptors (Lipinski definition) is 1. The van der Waals surface area contributed by atoms with Crippen LogP contribution in [0.2, 0.25) is 0 Å². The zero-order chi connectivity index (χ0) is 10.8. The van der Waals surface area contributed by atoms with Crippen LogP contribution in [0.4, 0.5) is 0 Å². The van der Waals surface area contributed by atoms with Crippen LogP contribution in [-0.2, 0) is 0 Å². The van der Waals surface area contributed by atoms with Crippen molar-refractivity contribution < 1.29 is 0 Å². The van der Waals surface area contributed by atoms with Gasteiger partial charge in [0.15, 0.2) is 0 Å². The van der Waals surface area contributed by atoms with E-state index in [-0.39, 0.29) is 0 Å². The maximum absolute atomic E-state index is 4.04. The smallest absolute Gasteiger partial charge is 0.00669 e. The van der Waals surface area contributed by atoms with Crippen molar-refractivity contribution in [1.29, 1.82) is 0 Å². The number of nitrogens with one attached hydrogen (secondary N) is 1. The van der Waals surface area contributed by atoms with Gasteiger partial charge in [0.1, 0.15) is 0 Å². The molecule has 0 aromatic carbocycles. The Hall–Kier alpha value is -0.300. The zero-order valence-electron chi connectivity index (χ0n) is 10.2. The van der Waals surface area contributed by atoms with Gasteiger partial charge in [-0.3, -0.25) is 0 Å². The van der Waals surface area contributed by atoms with Gasteiger partial charge in [-0.15, -0.1) is 0 Å². The van der Waals surface area contributed by atoms with E-state index in [0.29, 0.717) is 0 Å². The second-order valence-electron chi connectivity index (χ2n) is 4.04. The molecule has 1 atom stereocenters. The summed E-state index contributed by atoms with van der Waals surface area (Å²) in [5, 5.41) is 3.55. The average Bonchev–Trinajstić information content (AvgIpc) is 2.18. The van der Waals surface area contributed by atoms with Crippen LogP contribution < -0.4 is 5.32 Å². The Kier molecular flexibility index (Phi) is 9.06. The number of hydrogen-bond donors (Lipinski definition) is 1. The summed E-state index contributed by atoms with van der Waals surface area (Å²) in [6.07, 6.45) is 7.55. The molecule has 0 radical (unpaired) electrons. The minimum atomic E-state index is 0.731. The molecule has 1 N–H and O–H groups in total. The monoisotopic (exact) mass is 197 g/mol. The van der Waals surface area contributed by atoms with E-state index < -0.39 is 0 Å². The van der Waals surface area contributed by atoms with Crippen molar-refractivity contribution in [3.05, 3.63) is 12.2 Å². The first-order valence-electron chi connectivity index (χ1n) is 6.14. The first-order chi connectivity index (χ1) is 6.74. The minimum Gasteiger partial charge on any atom is -0.314 e. The Bertz CT molecular complexity index is 134. The van der Waals surface area contributed by atoms with Crippen molar-refractivity contribution in [2.75, 3.05) is 6.54 Å². The van der Waals surface area contributed by atoms with Crippen molar-refractivity contribution in [3.63, 3.8) is 0 Å². The van der Waals surface area contributed by atoms with Crippen LogP contribution in [0.1, 0.15) is 59.3 Å². The summed E-state index contributed by atoms with van der Waals surface area (Å²) in [6, 6.07) is 0.731. The molecule has 0 fully saturated rings. The van der Waals surface area contributed by atoms with Crippen LogP contribution in [0.5, 0.6) is 0 Å². The Labute approximate surface area is 90.0 Å². The molecule has 0 saturated heterocycles. The van der Waals surface area contributed by atoms with Gasteiger partial charge in [-0.05, 0) is 38.6 Å². The molecule has 0 amide bonds. The van der Waals surface area contributed by atoms with Crippen molar-refractivity contribution in [2.45, 2.75) is 65.3 Å². The van der Waals surface area contributed by atoms with Crippen molar-refractivity contribution >= 4 is 0 Å². The third-order valence-electron chi connectivity index (χ3n) is 2.71. The SMILES string of the molecule is C=C(CC)CCCC(CCC)NCC. The Balaban J connectivity index is 3.54. The highest BCUT2D eigenvalue weighted by Gasteiger charge is 2.05. The largest absolute Gasteiger partial charge is 0.314 e. The molecule has 84 valence electrons. The maximum atomic E-state index is 4.04. The minimum absolute atomic E-state index is 0.731. The number of rotatable bonds is 9. The summed E-state index contributed by atoms with van der Waals surface area (Å²) in [6.45, 7) is 11.8. The summed E-state index contributed by atoms with van der Waals surface area (Å²) in [4.78, 5) is 0. The Morgan fingerprint density at radius 3 is 2.43 bits per heavy atom. The van der Waals surface area contributed by atoms with Crippen molar-refractivity contribution in [3.8, 4) is 0 Å². The molecule has 0 aliphatic heterocycles. The van der Waals surface area contributed by atoms with Gasteiger partial charge in [0.05, 0.1) is 0 Å². The van der Waals surface area contributed by atoms with Gasteiger partial charge in [0.2, 0.25) is 0 Å². The van der Waals surface area contributed by atoms with Gasteiger partial charge in [0, 0.05) is 6.04 Å². The van der Waals surface area contributed by atoms with E-state index in [9.17, 15) is 0 Å². The van der Waals surface area contributed by atoms with Gasteiger partial charge in [-0.1, -0.05) is 39.3 Å². The maximum Gasteiger partial charge on any atom is 0.00669 e. The van der Waals surface area contributed by atoms with Gasteiger partial charge >= 0.3 is 0 Å². The standard InChI is InChI=1S/C13H27N/c1-5-9-13(14-7-3)11-8-10-12(4)6-2/h13-14H,4-11H2,1-3H3. The van der Waals surface area contributed by atoms with Gasteiger partial charge in [-0.2, -0.15) is 0 Å². The normalized spacial score (nSPS) is 12.8. The highest BCUT2D eigenvalue weighted by Crippen LogP contribution is 2.12. The summed E-state index contributed by atoms with van der Waals surface area (Å²) >= 11 is 0. The van der Waals surface area contributed by atoms with Crippen molar-refractivity contribution in [1.82, 2.24) is 5.32 Å². The first-order valence-corrected chi connectivity index (χ1v) is 6.14. The zero-order valence-corrected chi connectivity index (χ0v) is 10.2. The lowest BCUT2D eigenvalue weighted by Gasteiger charge is -2.16. The second kappa shape index (κ2) is 9.26. The van der Waals surface area contributed by atoms with Gasteiger partial charge < -0.3 is 5.32 Å². The summed E-state index contributed by atoms with van der Waals surface area (Å²) in [5.41, 5.74) is 1.40. The topological polar surface area (TPSA) is 12.0 Å². The third kappa shape index (κ3) is 7.14. The van der Waals surface area contributed by atoms with Crippen LogP contribution in [0, 0.1) is 0 Å². The molecule has 0 aliphatic carbocycles. The van der Waals surface area contributed by atoms with E-state index in [4.69, 9.17) is 0 Å². The van der Waals surface area contributed by atoms with E-state index in [0.717, 1.165) is 19.0 Å². The van der Waals surface area contributed by atoms with Gasteiger partial charge in [-0.25, -0.2) is 0 Å². The highest BCUT2D eigenvalue weighted by atomic mass is 14.9. The molecule has 1 unspecified atom stereocenters. The molecule has 0 bridgehead atoms. The third-order valence-corrected chi connectivity index (χ3v) is 2.71. The van der Waals surface area contributed by atoms with E-state index in [1.54, 1.807) is 0 Å². The first kappa shape index (κ1) is 13.7. The lowest BCUT2D eigenvalue weighted by atomic mass is 10.0. The predicted molar refractivity (Wildman–Crippen MR) is 65.7 cm³/mol. The molecule has 1 heteroatoms. The lowest BCUT2D eigenvalue weighted by molar-refractivity contribution is 0.446. The van der Waals surface area contributed by atoms with Crippen LogP contribution in [0.3, 0.4) is 0 Å². The molecule has 1 nitrogen and oxygen atoms in total. The lowest BCUT2D eigenvalue weighted by Crippen LogP contribution is -2.28. The van der Waals surface area contributed by atoms with Gasteiger partial charge in [0.25, 0.3) is 0 Å². The predicted octanol–water partition coefficient (Wildman–Crippen LogP) is 3.90. The Morgan fingerprint density at radius 2 is 1.93 bits per heavy atom. The molecule has 14 heavy (non-hydrogen) atoms. The van der Waals surface area contributed by atoms with Crippen LogP contribution in [0.15, 0.2) is 12.2 Å². The second-order valence-corrected chi connectivity index (χ2v) is 4.04. The van der Waals surface area contributed by atoms with E-state index in [1.807, 2.05) is 0 Å². The molecule has 0 aliphatic rings. The fourth-order valence-electron chi connectivity index (χ4n) is 1.76. The molecule has 0 saturated carbocycles. The highest BCUT2D eigenvalue weighted by molar-refractivity contribution is 4.92. The average molecular weight is 197 g/mol. The van der Waals surface area contributed by atoms with E-state index in [2.05, 4.69) is 32.7 Å². The van der Waals surface area contributed by atoms with Crippen LogP contribution >= 0.6 is 0 Å². The number of allylic oxidation sites excluding steroid dienone is 1. The summed E-state index contributed by atoms with van der Waals surface area (Å²) in [7, 11) is 0. The molecule has 0 spiro atoms. The van der Waals surface area contributed by atoms with E-state index in [1.165, 1.54) is 37.7 Å². The molecular formula is C13H27N. The molecule has 0 aromatic rings. The van der Waals surface area contributed by atoms with Crippen LogP contribution in [-0.4, -0.2) is 12.6 Å². The van der Waals surface area contributed by atoms with E-state index >= 15 is 0 Å². The molecular weight excluding hydrogens is 170 g/mol. The fraction of sp³-hybridized carbons (Fsp3) is 0.846. The molecule has 0 rings (SSSR count). The summed E-state index contributed by atoms with van der Waals surface area (Å²) < 4.78 is 0. The quantitative estimate of drug-likeness (QED) is 0.553. The fourth-order valence-corrected chi connectivity index (χ4v) is 1.76. The Morgan fingerprint density at radius 1 is 1.21 bits per heavy atom. The molecule has 0 heterocycles.